The number of nitrogens with one attached hydrogen (secondary N) is 3. The van der Waals surface area contributed by atoms with Gasteiger partial charge in [0.15, 0.2) is 5.75 Å². The molecule has 0 amide bonds. The first kappa shape index (κ1) is 34.0. The molecule has 52 heavy (non-hydrogen) atoms. The molecule has 5 aromatic carbocycles. The van der Waals surface area contributed by atoms with Crippen LogP contribution < -0.4 is 41.0 Å². The van der Waals surface area contributed by atoms with Crippen molar-refractivity contribution < 1.29 is 14.2 Å². The van der Waals surface area contributed by atoms with E-state index in [1.807, 2.05) is 0 Å². The van der Waals surface area contributed by atoms with Crippen molar-refractivity contribution in [2.45, 2.75) is 74.7 Å². The Morgan fingerprint density at radius 3 is 1.85 bits per heavy atom. The summed E-state index contributed by atoms with van der Waals surface area (Å²) in [6, 6.07) is 0.748. The summed E-state index contributed by atoms with van der Waals surface area (Å²) in [5.41, 5.74) is 4.96. The van der Waals surface area contributed by atoms with Gasteiger partial charge >= 0.3 is 0 Å². The highest BCUT2D eigenvalue weighted by Gasteiger charge is 2.37. The summed E-state index contributed by atoms with van der Waals surface area (Å²) in [5.74, 6) is 3.46. The molecule has 0 atom stereocenters. The molecule has 2 heterocycles. The summed E-state index contributed by atoms with van der Waals surface area (Å²) in [7, 11) is 5.02. The number of rotatable bonds is 8. The molecule has 5 aromatic rings. The zero-order valence-electron chi connectivity index (χ0n) is 30.8. The summed E-state index contributed by atoms with van der Waals surface area (Å²) in [6.45, 7) is 10.2. The Hall–Kier alpha value is -3.80. The Labute approximate surface area is 311 Å². The van der Waals surface area contributed by atoms with Crippen LogP contribution in [0.2, 0.25) is 0 Å². The first-order valence-electron chi connectivity index (χ1n) is 18.7. The average molecular weight is 739 g/mol. The lowest BCUT2D eigenvalue weighted by atomic mass is 9.82. The largest absolute Gasteiger partial charge is 0.495 e. The van der Waals surface area contributed by atoms with Crippen LogP contribution in [0.3, 0.4) is 0 Å². The van der Waals surface area contributed by atoms with Crippen LogP contribution in [0.25, 0.3) is 49.2 Å². The van der Waals surface area contributed by atoms with E-state index in [-0.39, 0.29) is 16.9 Å². The molecular weight excluding hydrogens is 693 g/mol. The molecule has 11 heteroatoms. The molecule has 9 rings (SSSR count). The van der Waals surface area contributed by atoms with Crippen LogP contribution in [-0.4, -0.2) is 76.0 Å². The van der Waals surface area contributed by atoms with E-state index in [1.165, 1.54) is 0 Å². The number of nitrogens with zero attached hydrogens (tertiary/aromatic N) is 1. The number of methoxy groups -OCH3 is 3. The van der Waals surface area contributed by atoms with Gasteiger partial charge in [-0.2, -0.15) is 0 Å². The van der Waals surface area contributed by atoms with Gasteiger partial charge in [-0.05, 0) is 57.5 Å². The second kappa shape index (κ2) is 13.0. The predicted octanol–water partition coefficient (Wildman–Crippen LogP) is 7.98. The monoisotopic (exact) mass is 738 g/mol. The van der Waals surface area contributed by atoms with Gasteiger partial charge in [0.1, 0.15) is 11.5 Å². The number of ether oxygens (including phenoxy) is 3. The summed E-state index contributed by atoms with van der Waals surface area (Å²) in [6.07, 6.45) is 6.91. The second-order valence-corrected chi connectivity index (χ2v) is 16.7. The van der Waals surface area contributed by atoms with Gasteiger partial charge in [-0.3, -0.25) is 9.59 Å². The second-order valence-electron chi connectivity index (χ2n) is 14.5. The van der Waals surface area contributed by atoms with Gasteiger partial charge < -0.3 is 35.1 Å². The topological polar surface area (TPSA) is 101 Å². The molecular formula is C41H46N4O5S2. The van der Waals surface area contributed by atoms with E-state index < -0.39 is 0 Å². The molecule has 272 valence electrons. The number of hydrogen-bond donors (Lipinski definition) is 3. The highest BCUT2D eigenvalue weighted by molar-refractivity contribution is 8.00. The van der Waals surface area contributed by atoms with E-state index in [1.54, 1.807) is 44.9 Å². The molecule has 2 aliphatic carbocycles. The maximum atomic E-state index is 15.4. The molecule has 0 saturated heterocycles. The third-order valence-corrected chi connectivity index (χ3v) is 14.1. The van der Waals surface area contributed by atoms with Crippen molar-refractivity contribution in [1.29, 1.82) is 0 Å². The maximum absolute atomic E-state index is 15.4. The first-order valence-corrected chi connectivity index (χ1v) is 20.7. The van der Waals surface area contributed by atoms with Gasteiger partial charge in [0.25, 0.3) is 0 Å². The maximum Gasteiger partial charge on any atom is 0.230 e. The fourth-order valence-corrected chi connectivity index (χ4v) is 11.9. The summed E-state index contributed by atoms with van der Waals surface area (Å²) in [4.78, 5) is 34.6. The highest BCUT2D eigenvalue weighted by atomic mass is 32.2. The fourth-order valence-electron chi connectivity index (χ4n) is 9.84. The third kappa shape index (κ3) is 4.67. The van der Waals surface area contributed by atoms with Crippen molar-refractivity contribution in [3.8, 4) is 17.2 Å². The highest BCUT2D eigenvalue weighted by Crippen LogP contribution is 2.59. The lowest BCUT2D eigenvalue weighted by Gasteiger charge is -2.36. The normalized spacial score (nSPS) is 19.8. The van der Waals surface area contributed by atoms with Crippen LogP contribution >= 0.6 is 23.5 Å². The fraction of sp³-hybridized carbons (Fsp3) is 0.463. The number of fused-ring (bicyclic) bond motifs is 5. The minimum Gasteiger partial charge on any atom is -0.495 e. The number of benzene rings is 5. The molecule has 3 N–H and O–H groups in total. The van der Waals surface area contributed by atoms with Crippen LogP contribution in [0.5, 0.6) is 17.2 Å². The SMILES string of the molecule is CCN(CC)C1CCC(Nc2c3c4c5c(c(OC)c(=O)c6c7c(c(OC)c(c8c(OC)c9c(c(c2=O)c48)NCCS9)c65)SCCN7)CC(C)=C3)CC1. The van der Waals surface area contributed by atoms with Crippen LogP contribution in [0.15, 0.2) is 25.0 Å². The van der Waals surface area contributed by atoms with Crippen molar-refractivity contribution in [3.63, 3.8) is 0 Å². The van der Waals surface area contributed by atoms with Crippen molar-refractivity contribution in [2.24, 2.45) is 0 Å². The van der Waals surface area contributed by atoms with E-state index >= 15 is 4.79 Å². The number of thioether (sulfide) groups is 2. The lowest BCUT2D eigenvalue weighted by molar-refractivity contribution is 0.167. The van der Waals surface area contributed by atoms with Crippen LogP contribution in [0, 0.1) is 0 Å². The van der Waals surface area contributed by atoms with E-state index in [0.29, 0.717) is 46.2 Å². The molecule has 0 radical (unpaired) electrons. The Kier molecular flexibility index (Phi) is 8.47. The molecule has 0 spiro atoms. The lowest BCUT2D eigenvalue weighted by Crippen LogP contribution is -2.40. The third-order valence-electron chi connectivity index (χ3n) is 12.0. The van der Waals surface area contributed by atoms with Gasteiger partial charge in [0.2, 0.25) is 10.9 Å². The molecule has 0 aromatic heterocycles. The zero-order valence-corrected chi connectivity index (χ0v) is 32.4. The van der Waals surface area contributed by atoms with Crippen LogP contribution in [0.4, 0.5) is 17.1 Å². The Bertz CT molecular complexity index is 2440. The van der Waals surface area contributed by atoms with Gasteiger partial charge in [-0.15, -0.1) is 23.5 Å². The molecule has 0 unspecified atom stereocenters. The van der Waals surface area contributed by atoms with Crippen molar-refractivity contribution in [2.75, 3.05) is 75.0 Å². The van der Waals surface area contributed by atoms with E-state index in [2.05, 4.69) is 47.7 Å². The number of allylic oxidation sites excluding steroid dienone is 1. The van der Waals surface area contributed by atoms with E-state index in [0.717, 1.165) is 134 Å². The Morgan fingerprint density at radius 2 is 1.29 bits per heavy atom. The van der Waals surface area contributed by atoms with E-state index in [4.69, 9.17) is 14.2 Å². The smallest absolute Gasteiger partial charge is 0.230 e. The summed E-state index contributed by atoms with van der Waals surface area (Å²) < 4.78 is 18.9. The average Bonchev–Trinajstić information content (AvgIpc) is 3.32. The Morgan fingerprint density at radius 1 is 0.731 bits per heavy atom. The molecule has 2 aliphatic heterocycles. The summed E-state index contributed by atoms with van der Waals surface area (Å²) in [5, 5.41) is 17.7. The molecule has 9 nitrogen and oxygen atoms in total. The minimum absolute atomic E-state index is 0.00217. The van der Waals surface area contributed by atoms with Crippen LogP contribution in [-0.2, 0) is 6.42 Å². The number of anilines is 3. The molecule has 1 saturated carbocycles. The van der Waals surface area contributed by atoms with Crippen molar-refractivity contribution in [1.82, 2.24) is 4.90 Å². The Balaban J connectivity index is 1.48. The van der Waals surface area contributed by atoms with Crippen molar-refractivity contribution >= 4 is 89.8 Å². The molecule has 0 bridgehead atoms. The van der Waals surface area contributed by atoms with Gasteiger partial charge in [0.05, 0.1) is 59.0 Å². The van der Waals surface area contributed by atoms with Crippen molar-refractivity contribution in [3.05, 3.63) is 37.1 Å². The quantitative estimate of drug-likeness (QED) is 0.107. The molecule has 4 aliphatic rings. The summed E-state index contributed by atoms with van der Waals surface area (Å²) >= 11 is 3.41. The standard InChI is InChI=1S/C41H46N4O5S2/c1-7-45(8-2)21-11-9-20(10-12-21)44-32-22-17-19(3)18-23-25-24(22)26-28(38(49-5)40-33(30(26)35(32)46)42-13-15-51-40)29-27(25)31(36(47)37(23)48-4)34-41(39(29)50-6)52-16-14-43-34/h17,20-21,42-44H,7-16,18H2,1-6H3. The first-order chi connectivity index (χ1) is 25.4. The van der Waals surface area contributed by atoms with Crippen LogP contribution in [0.1, 0.15) is 57.6 Å². The zero-order chi connectivity index (χ0) is 36.0. The van der Waals surface area contributed by atoms with E-state index in [9.17, 15) is 4.79 Å². The molecule has 1 fully saturated rings. The minimum atomic E-state index is -0.126. The van der Waals surface area contributed by atoms with Gasteiger partial charge in [-0.1, -0.05) is 25.5 Å². The number of hydrogen-bond acceptors (Lipinski definition) is 11. The van der Waals surface area contributed by atoms with Gasteiger partial charge in [0, 0.05) is 74.7 Å². The predicted molar refractivity (Wildman–Crippen MR) is 219 cm³/mol. The van der Waals surface area contributed by atoms with Gasteiger partial charge in [-0.25, -0.2) is 0 Å².